The second kappa shape index (κ2) is 9.71. The molecule has 0 saturated carbocycles. The van der Waals surface area contributed by atoms with Crippen molar-refractivity contribution in [2.75, 3.05) is 11.9 Å². The molecule has 148 valence electrons. The third-order valence-corrected chi connectivity index (χ3v) is 4.29. The van der Waals surface area contributed by atoms with Crippen LogP contribution in [0.15, 0.2) is 72.8 Å². The van der Waals surface area contributed by atoms with Crippen LogP contribution in [-0.2, 0) is 11.4 Å². The van der Waals surface area contributed by atoms with Crippen molar-refractivity contribution < 1.29 is 18.7 Å². The fourth-order valence-corrected chi connectivity index (χ4v) is 2.74. The summed E-state index contributed by atoms with van der Waals surface area (Å²) in [5.74, 6) is -0.574. The summed E-state index contributed by atoms with van der Waals surface area (Å²) in [6, 6.07) is 19.5. The van der Waals surface area contributed by atoms with E-state index in [1.54, 1.807) is 60.7 Å². The van der Waals surface area contributed by atoms with E-state index in [0.717, 1.165) is 5.56 Å². The van der Waals surface area contributed by atoms with Crippen molar-refractivity contribution in [1.29, 1.82) is 0 Å². The number of carbonyl (C=O) groups is 2. The summed E-state index contributed by atoms with van der Waals surface area (Å²) >= 11 is 5.97. The molecule has 2 N–H and O–H groups in total. The molecule has 5 nitrogen and oxygen atoms in total. The molecule has 7 heteroatoms. The van der Waals surface area contributed by atoms with Crippen LogP contribution >= 0.6 is 11.6 Å². The highest BCUT2D eigenvalue weighted by Gasteiger charge is 2.11. The van der Waals surface area contributed by atoms with E-state index in [0.29, 0.717) is 22.0 Å². The van der Waals surface area contributed by atoms with Crippen LogP contribution in [0.2, 0.25) is 5.02 Å². The van der Waals surface area contributed by atoms with E-state index < -0.39 is 5.91 Å². The normalized spacial score (nSPS) is 10.3. The fourth-order valence-electron chi connectivity index (χ4n) is 2.52. The van der Waals surface area contributed by atoms with E-state index >= 15 is 0 Å². The fraction of sp³-hybridized carbons (Fsp3) is 0.0909. The second-order valence-corrected chi connectivity index (χ2v) is 6.56. The third kappa shape index (κ3) is 6.05. The van der Waals surface area contributed by atoms with Gasteiger partial charge in [0.1, 0.15) is 18.2 Å². The summed E-state index contributed by atoms with van der Waals surface area (Å²) in [6.07, 6.45) is 0. The summed E-state index contributed by atoms with van der Waals surface area (Å²) in [5, 5.41) is 5.54. The second-order valence-electron chi connectivity index (χ2n) is 6.15. The summed E-state index contributed by atoms with van der Waals surface area (Å²) in [6.45, 7) is 0.0658. The summed E-state index contributed by atoms with van der Waals surface area (Å²) in [5.41, 5.74) is 1.65. The minimum Gasteiger partial charge on any atom is -0.489 e. The van der Waals surface area contributed by atoms with Crippen LogP contribution in [0.25, 0.3) is 0 Å². The largest absolute Gasteiger partial charge is 0.489 e. The molecule has 0 aliphatic heterocycles. The number of hydrogen-bond donors (Lipinski definition) is 2. The Morgan fingerprint density at radius 3 is 2.48 bits per heavy atom. The van der Waals surface area contributed by atoms with Gasteiger partial charge < -0.3 is 15.4 Å². The summed E-state index contributed by atoms with van der Waals surface area (Å²) < 4.78 is 18.6. The van der Waals surface area contributed by atoms with Gasteiger partial charge in [0, 0.05) is 11.8 Å². The Bertz CT molecular complexity index is 1010. The van der Waals surface area contributed by atoms with E-state index in [9.17, 15) is 14.0 Å². The van der Waals surface area contributed by atoms with Crippen LogP contribution in [0.1, 0.15) is 15.9 Å². The van der Waals surface area contributed by atoms with Crippen LogP contribution in [-0.4, -0.2) is 18.4 Å². The molecular weight excluding hydrogens is 395 g/mol. The maximum Gasteiger partial charge on any atom is 0.253 e. The lowest BCUT2D eigenvalue weighted by atomic mass is 10.2. The molecule has 0 aliphatic carbocycles. The monoisotopic (exact) mass is 412 g/mol. The molecule has 3 aromatic carbocycles. The number of amides is 2. The molecule has 0 radical (unpaired) electrons. The molecule has 29 heavy (non-hydrogen) atoms. The first-order valence-corrected chi connectivity index (χ1v) is 9.19. The Kier molecular flexibility index (Phi) is 6.81. The maximum absolute atomic E-state index is 12.9. The van der Waals surface area contributed by atoms with Gasteiger partial charge in [-0.05, 0) is 42.0 Å². The molecule has 0 unspecified atom stereocenters. The highest BCUT2D eigenvalue weighted by atomic mass is 35.5. The zero-order valence-electron chi connectivity index (χ0n) is 15.3. The Morgan fingerprint density at radius 2 is 1.72 bits per heavy atom. The van der Waals surface area contributed by atoms with Gasteiger partial charge in [0.2, 0.25) is 5.91 Å². The van der Waals surface area contributed by atoms with Gasteiger partial charge in [-0.1, -0.05) is 41.9 Å². The van der Waals surface area contributed by atoms with Gasteiger partial charge in [-0.15, -0.1) is 0 Å². The number of nitrogens with one attached hydrogen (secondary N) is 2. The molecule has 0 saturated heterocycles. The molecule has 3 aromatic rings. The molecule has 2 amide bonds. The quantitative estimate of drug-likeness (QED) is 0.603. The minimum atomic E-state index is -0.429. The first-order valence-electron chi connectivity index (χ1n) is 8.81. The van der Waals surface area contributed by atoms with Gasteiger partial charge in [-0.3, -0.25) is 9.59 Å². The van der Waals surface area contributed by atoms with E-state index in [4.69, 9.17) is 16.3 Å². The number of carbonyl (C=O) groups excluding carboxylic acids is 2. The SMILES string of the molecule is O=C(CNC(=O)c1ccccc1Cl)Nc1cccc(OCc2ccc(F)cc2)c1. The Balaban J connectivity index is 1.51. The van der Waals surface area contributed by atoms with Crippen LogP contribution in [0, 0.1) is 5.82 Å². The lowest BCUT2D eigenvalue weighted by Gasteiger charge is -2.10. The van der Waals surface area contributed by atoms with E-state index in [1.165, 1.54) is 12.1 Å². The molecule has 0 aromatic heterocycles. The summed E-state index contributed by atoms with van der Waals surface area (Å²) in [7, 11) is 0. The number of halogens is 2. The van der Waals surface area contributed by atoms with Gasteiger partial charge in [0.25, 0.3) is 5.91 Å². The van der Waals surface area contributed by atoms with Gasteiger partial charge in [0.15, 0.2) is 0 Å². The Hall–Kier alpha value is -3.38. The van der Waals surface area contributed by atoms with Crippen molar-refractivity contribution in [2.45, 2.75) is 6.61 Å². The van der Waals surface area contributed by atoms with Crippen molar-refractivity contribution in [2.24, 2.45) is 0 Å². The van der Waals surface area contributed by atoms with Crippen molar-refractivity contribution in [1.82, 2.24) is 5.32 Å². The minimum absolute atomic E-state index is 0.204. The van der Waals surface area contributed by atoms with Gasteiger partial charge in [0.05, 0.1) is 17.1 Å². The lowest BCUT2D eigenvalue weighted by Crippen LogP contribution is -2.33. The first-order chi connectivity index (χ1) is 14.0. The van der Waals surface area contributed by atoms with E-state index in [-0.39, 0.29) is 24.9 Å². The number of rotatable bonds is 7. The smallest absolute Gasteiger partial charge is 0.253 e. The topological polar surface area (TPSA) is 67.4 Å². The van der Waals surface area contributed by atoms with Gasteiger partial charge in [-0.2, -0.15) is 0 Å². The highest BCUT2D eigenvalue weighted by molar-refractivity contribution is 6.33. The molecule has 0 bridgehead atoms. The van der Waals surface area contributed by atoms with Crippen LogP contribution in [0.3, 0.4) is 0 Å². The molecule has 0 fully saturated rings. The first kappa shape index (κ1) is 20.4. The van der Waals surface area contributed by atoms with Crippen LogP contribution in [0.5, 0.6) is 5.75 Å². The van der Waals surface area contributed by atoms with Crippen LogP contribution < -0.4 is 15.4 Å². The summed E-state index contributed by atoms with van der Waals surface area (Å²) in [4.78, 5) is 24.2. The number of hydrogen-bond acceptors (Lipinski definition) is 3. The molecule has 0 aliphatic rings. The zero-order valence-corrected chi connectivity index (χ0v) is 16.1. The predicted molar refractivity (Wildman–Crippen MR) is 110 cm³/mol. The average Bonchev–Trinajstić information content (AvgIpc) is 2.72. The Morgan fingerprint density at radius 1 is 0.966 bits per heavy atom. The third-order valence-electron chi connectivity index (χ3n) is 3.96. The van der Waals surface area contributed by atoms with E-state index in [2.05, 4.69) is 10.6 Å². The predicted octanol–water partition coefficient (Wildman–Crippen LogP) is 4.43. The van der Waals surface area contributed by atoms with Crippen molar-refractivity contribution in [3.63, 3.8) is 0 Å². The number of anilines is 1. The molecule has 0 atom stereocenters. The van der Waals surface area contributed by atoms with Crippen LogP contribution in [0.4, 0.5) is 10.1 Å². The average molecular weight is 413 g/mol. The van der Waals surface area contributed by atoms with Crippen molar-refractivity contribution >= 4 is 29.1 Å². The molecular formula is C22H18ClFN2O3. The maximum atomic E-state index is 12.9. The molecule has 0 spiro atoms. The van der Waals surface area contributed by atoms with Crippen molar-refractivity contribution in [3.05, 3.63) is 94.8 Å². The van der Waals surface area contributed by atoms with Gasteiger partial charge >= 0.3 is 0 Å². The highest BCUT2D eigenvalue weighted by Crippen LogP contribution is 2.19. The number of benzene rings is 3. The van der Waals surface area contributed by atoms with E-state index in [1.807, 2.05) is 0 Å². The van der Waals surface area contributed by atoms with Crippen molar-refractivity contribution in [3.8, 4) is 5.75 Å². The van der Waals surface area contributed by atoms with Gasteiger partial charge in [-0.25, -0.2) is 4.39 Å². The number of ether oxygens (including phenoxy) is 1. The zero-order chi connectivity index (χ0) is 20.6. The standard InChI is InChI=1S/C22H18ClFN2O3/c23-20-7-2-1-6-19(20)22(28)25-13-21(27)26-17-4-3-5-18(12-17)29-14-15-8-10-16(24)11-9-15/h1-12H,13-14H2,(H,25,28)(H,26,27). The molecule has 3 rings (SSSR count). The lowest BCUT2D eigenvalue weighted by molar-refractivity contribution is -0.115. The molecule has 0 heterocycles. The Labute approximate surface area is 172 Å².